The maximum absolute atomic E-state index is 14.7. The van der Waals surface area contributed by atoms with Gasteiger partial charge in [-0.25, -0.2) is 4.39 Å². The van der Waals surface area contributed by atoms with Gasteiger partial charge in [-0.15, -0.1) is 0 Å². The molecular weight excluding hydrogens is 415 g/mol. The number of fused-ring (bicyclic) bond motifs is 1. The number of rotatable bonds is 5. The highest BCUT2D eigenvalue weighted by atomic mass is 19.1. The fourth-order valence-corrected chi connectivity index (χ4v) is 3.49. The van der Waals surface area contributed by atoms with Crippen molar-refractivity contribution in [2.24, 2.45) is 0 Å². The summed E-state index contributed by atoms with van der Waals surface area (Å²) in [7, 11) is 0. The maximum Gasteiger partial charge on any atom is 0.270 e. The van der Waals surface area contributed by atoms with E-state index in [4.69, 9.17) is 9.47 Å². The molecule has 4 rings (SSSR count). The van der Waals surface area contributed by atoms with Crippen molar-refractivity contribution < 1.29 is 39.2 Å². The van der Waals surface area contributed by atoms with Crippen molar-refractivity contribution in [3.63, 3.8) is 0 Å². The second-order valence-corrected chi connectivity index (χ2v) is 7.12. The van der Waals surface area contributed by atoms with E-state index in [0.717, 1.165) is 0 Å². The average molecular weight is 434 g/mol. The van der Waals surface area contributed by atoms with Crippen LogP contribution in [0.1, 0.15) is 0 Å². The molecule has 2 aromatic carbocycles. The summed E-state index contributed by atoms with van der Waals surface area (Å²) >= 11 is 0. The van der Waals surface area contributed by atoms with Gasteiger partial charge in [0.05, 0.1) is 17.0 Å². The largest absolute Gasteiger partial charge is 0.459 e. The first-order valence-electron chi connectivity index (χ1n) is 9.32. The number of non-ortho nitro benzene ring substituents is 1. The van der Waals surface area contributed by atoms with Gasteiger partial charge in [-0.3, -0.25) is 10.1 Å². The van der Waals surface area contributed by atoms with Crippen molar-refractivity contribution in [2.75, 3.05) is 6.61 Å². The van der Waals surface area contributed by atoms with Crippen molar-refractivity contribution in [1.82, 2.24) is 4.57 Å². The highest BCUT2D eigenvalue weighted by molar-refractivity contribution is 5.84. The molecule has 0 amide bonds. The number of aliphatic hydroxyl groups excluding tert-OH is 4. The van der Waals surface area contributed by atoms with Crippen molar-refractivity contribution in [1.29, 1.82) is 0 Å². The maximum atomic E-state index is 14.7. The molecule has 3 aromatic rings. The molecule has 1 aliphatic heterocycles. The van der Waals surface area contributed by atoms with Crippen LogP contribution < -0.4 is 4.74 Å². The lowest BCUT2D eigenvalue weighted by atomic mass is 9.99. The van der Waals surface area contributed by atoms with E-state index in [1.165, 1.54) is 30.3 Å². The van der Waals surface area contributed by atoms with Crippen LogP contribution in [0, 0.1) is 15.9 Å². The Morgan fingerprint density at radius 3 is 2.55 bits per heavy atom. The second kappa shape index (κ2) is 8.21. The third kappa shape index (κ3) is 3.84. The number of nitrogens with zero attached hydrogens (tertiary/aromatic N) is 2. The SMILES string of the molecule is O=[N+]([O-])c1ccc2c(ccn2-c2ccc(O[C@H]3OC(CO)[C@@H](O)C(O)[C@H]3O)c(F)c2)c1. The molecule has 0 bridgehead atoms. The van der Waals surface area contributed by atoms with Crippen LogP contribution in [0.15, 0.2) is 48.7 Å². The fourth-order valence-electron chi connectivity index (χ4n) is 3.49. The summed E-state index contributed by atoms with van der Waals surface area (Å²) in [4.78, 5) is 10.4. The van der Waals surface area contributed by atoms with Crippen LogP contribution in [-0.4, -0.2) is 67.2 Å². The Labute approximate surface area is 174 Å². The molecule has 2 unspecified atom stereocenters. The van der Waals surface area contributed by atoms with Crippen LogP contribution in [0.4, 0.5) is 10.1 Å². The van der Waals surface area contributed by atoms with E-state index in [9.17, 15) is 34.9 Å². The summed E-state index contributed by atoms with van der Waals surface area (Å²) in [5.41, 5.74) is 0.995. The minimum Gasteiger partial charge on any atom is -0.459 e. The Balaban J connectivity index is 1.59. The van der Waals surface area contributed by atoms with Crippen LogP contribution in [-0.2, 0) is 4.74 Å². The molecule has 1 aliphatic rings. The molecule has 5 atom stereocenters. The summed E-state index contributed by atoms with van der Waals surface area (Å²) in [6.45, 7) is -0.634. The van der Waals surface area contributed by atoms with E-state index < -0.39 is 48.1 Å². The van der Waals surface area contributed by atoms with Gasteiger partial charge in [0, 0.05) is 35.5 Å². The first-order valence-corrected chi connectivity index (χ1v) is 9.32. The number of hydrogen-bond acceptors (Lipinski definition) is 8. The first kappa shape index (κ1) is 21.2. The normalized spacial score (nSPS) is 26.2. The topological polar surface area (TPSA) is 147 Å². The van der Waals surface area contributed by atoms with Gasteiger partial charge in [0.1, 0.15) is 24.4 Å². The number of benzene rings is 2. The molecule has 164 valence electrons. The minimum absolute atomic E-state index is 0.0558. The molecule has 10 nitrogen and oxygen atoms in total. The summed E-state index contributed by atoms with van der Waals surface area (Å²) in [5, 5.41) is 50.5. The van der Waals surface area contributed by atoms with Crippen molar-refractivity contribution in [3.8, 4) is 11.4 Å². The highest BCUT2D eigenvalue weighted by Crippen LogP contribution is 2.29. The quantitative estimate of drug-likeness (QED) is 0.341. The van der Waals surface area contributed by atoms with Crippen LogP contribution in [0.5, 0.6) is 5.75 Å². The van der Waals surface area contributed by atoms with E-state index in [1.54, 1.807) is 22.9 Å². The number of ether oxygens (including phenoxy) is 2. The predicted octanol–water partition coefficient (Wildman–Crippen LogP) is 0.856. The fraction of sp³-hybridized carbons (Fsp3) is 0.300. The van der Waals surface area contributed by atoms with Gasteiger partial charge in [0.25, 0.3) is 5.69 Å². The Morgan fingerprint density at radius 1 is 1.10 bits per heavy atom. The summed E-state index contributed by atoms with van der Waals surface area (Å²) in [5.74, 6) is -1.07. The standard InChI is InChI=1S/C20H19FN2O8/c21-13-8-11(22-6-5-10-7-12(23(28)29)1-3-14(10)22)2-4-15(13)30-20-19(27)18(26)17(25)16(9-24)31-20/h1-8,16-20,24-27H,9H2/t16?,17-,18?,19-,20+/m1/s1. The van der Waals surface area contributed by atoms with Gasteiger partial charge < -0.3 is 34.5 Å². The molecule has 1 aromatic heterocycles. The lowest BCUT2D eigenvalue weighted by Gasteiger charge is -2.39. The zero-order valence-corrected chi connectivity index (χ0v) is 15.9. The van der Waals surface area contributed by atoms with Crippen LogP contribution in [0.25, 0.3) is 16.6 Å². The van der Waals surface area contributed by atoms with Crippen LogP contribution in [0.3, 0.4) is 0 Å². The monoisotopic (exact) mass is 434 g/mol. The van der Waals surface area contributed by atoms with Crippen molar-refractivity contribution in [2.45, 2.75) is 30.7 Å². The Morgan fingerprint density at radius 2 is 1.87 bits per heavy atom. The minimum atomic E-state index is -1.67. The zero-order valence-electron chi connectivity index (χ0n) is 15.9. The van der Waals surface area contributed by atoms with E-state index in [1.807, 2.05) is 0 Å². The lowest BCUT2D eigenvalue weighted by Crippen LogP contribution is -2.60. The van der Waals surface area contributed by atoms with Crippen LogP contribution >= 0.6 is 0 Å². The summed E-state index contributed by atoms with van der Waals surface area (Å²) < 4.78 is 26.9. The Kier molecular flexibility index (Phi) is 5.60. The highest BCUT2D eigenvalue weighted by Gasteiger charge is 2.44. The van der Waals surface area contributed by atoms with Crippen molar-refractivity contribution in [3.05, 3.63) is 64.6 Å². The van der Waals surface area contributed by atoms with E-state index in [-0.39, 0.29) is 11.4 Å². The van der Waals surface area contributed by atoms with Gasteiger partial charge in [0.2, 0.25) is 6.29 Å². The average Bonchev–Trinajstić information content (AvgIpc) is 3.18. The van der Waals surface area contributed by atoms with Gasteiger partial charge in [-0.1, -0.05) is 0 Å². The van der Waals surface area contributed by atoms with E-state index in [0.29, 0.717) is 16.6 Å². The molecular formula is C20H19FN2O8. The lowest BCUT2D eigenvalue weighted by molar-refractivity contribution is -0.384. The number of nitro benzene ring substituents is 1. The number of hydrogen-bond donors (Lipinski definition) is 4. The molecule has 2 heterocycles. The Hall–Kier alpha value is -3.09. The molecule has 0 saturated carbocycles. The third-order valence-corrected chi connectivity index (χ3v) is 5.17. The Bertz CT molecular complexity index is 1120. The molecule has 1 fully saturated rings. The van der Waals surface area contributed by atoms with E-state index in [2.05, 4.69) is 0 Å². The third-order valence-electron chi connectivity index (χ3n) is 5.17. The zero-order chi connectivity index (χ0) is 22.3. The number of nitro groups is 1. The molecule has 1 saturated heterocycles. The summed E-state index contributed by atoms with van der Waals surface area (Å²) in [6, 6.07) is 9.99. The van der Waals surface area contributed by atoms with Gasteiger partial charge in [-0.05, 0) is 24.3 Å². The van der Waals surface area contributed by atoms with Gasteiger partial charge in [0.15, 0.2) is 11.6 Å². The van der Waals surface area contributed by atoms with Crippen LogP contribution in [0.2, 0.25) is 0 Å². The van der Waals surface area contributed by atoms with Gasteiger partial charge in [-0.2, -0.15) is 0 Å². The molecule has 31 heavy (non-hydrogen) atoms. The second-order valence-electron chi connectivity index (χ2n) is 7.12. The predicted molar refractivity (Wildman–Crippen MR) is 104 cm³/mol. The van der Waals surface area contributed by atoms with Gasteiger partial charge >= 0.3 is 0 Å². The first-order chi connectivity index (χ1) is 14.8. The molecule has 4 N–H and O–H groups in total. The number of halogens is 1. The molecule has 0 spiro atoms. The van der Waals surface area contributed by atoms with Crippen molar-refractivity contribution >= 4 is 16.6 Å². The molecule has 11 heteroatoms. The molecule has 0 radical (unpaired) electrons. The number of aliphatic hydroxyl groups is 4. The number of aromatic nitrogens is 1. The molecule has 0 aliphatic carbocycles. The smallest absolute Gasteiger partial charge is 0.270 e. The summed E-state index contributed by atoms with van der Waals surface area (Å²) in [6.07, 6.45) is -5.91. The van der Waals surface area contributed by atoms with E-state index >= 15 is 0 Å².